The van der Waals surface area contributed by atoms with Crippen molar-refractivity contribution in [3.05, 3.63) is 101 Å². The Morgan fingerprint density at radius 2 is 0.488 bits per heavy atom. The highest BCUT2D eigenvalue weighted by Gasteiger charge is 2.42. The Labute approximate surface area is 523 Å². The van der Waals surface area contributed by atoms with Gasteiger partial charge in [-0.1, -0.05) is 41.5 Å². The lowest BCUT2D eigenvalue weighted by molar-refractivity contribution is 0.0198. The van der Waals surface area contributed by atoms with Crippen LogP contribution in [0.4, 0.5) is 0 Å². The fourth-order valence-corrected chi connectivity index (χ4v) is 15.4. The molecule has 0 saturated carbocycles. The third-order valence-corrected chi connectivity index (χ3v) is 20.1. The fourth-order valence-electron chi connectivity index (χ4n) is 15.4. The highest BCUT2D eigenvalue weighted by Crippen LogP contribution is 2.46. The second-order valence-corrected chi connectivity index (χ2v) is 34.0. The molecule has 6 aromatic rings. The molecule has 0 bridgehead atoms. The average Bonchev–Trinajstić information content (AvgIpc) is 1.69. The highest BCUT2D eigenvalue weighted by atomic mass is 15.3. The van der Waals surface area contributed by atoms with Gasteiger partial charge >= 0.3 is 0 Å². The molecule has 0 N–H and O–H groups in total. The van der Waals surface area contributed by atoms with Crippen LogP contribution in [0.25, 0.3) is 32.7 Å². The van der Waals surface area contributed by atoms with E-state index in [-0.39, 0.29) is 50.6 Å². The van der Waals surface area contributed by atoms with Crippen LogP contribution in [0.5, 0.6) is 0 Å². The summed E-state index contributed by atoms with van der Waals surface area (Å²) in [5.41, 5.74) is 26.6. The molecular weight excluding hydrogens is 1020 g/mol. The minimum Gasteiger partial charge on any atom is -0.347 e. The Hall–Kier alpha value is -3.84. The van der Waals surface area contributed by atoms with Gasteiger partial charge in [0.05, 0.1) is 16.6 Å². The molecule has 3 aromatic heterocycles. The van der Waals surface area contributed by atoms with Crippen molar-refractivity contribution in [3.8, 4) is 0 Å². The van der Waals surface area contributed by atoms with Gasteiger partial charge < -0.3 is 13.7 Å². The number of hydrogen-bond acceptors (Lipinski definition) is 3. The smallest absolute Gasteiger partial charge is 0.0518 e. The molecule has 0 spiro atoms. The summed E-state index contributed by atoms with van der Waals surface area (Å²) in [5, 5.41) is 4.07. The van der Waals surface area contributed by atoms with E-state index in [1.54, 1.807) is 0 Å². The van der Waals surface area contributed by atoms with Gasteiger partial charge in [-0.3, -0.25) is 14.7 Å². The molecule has 1 atom stereocenters. The van der Waals surface area contributed by atoms with Crippen LogP contribution in [-0.4, -0.2) is 81.2 Å². The molecule has 474 valence electrons. The molecule has 3 heterocycles. The topological polar surface area (TPSA) is 24.5 Å². The van der Waals surface area contributed by atoms with Crippen molar-refractivity contribution >= 4 is 32.7 Å². The molecule has 0 aliphatic heterocycles. The zero-order chi connectivity index (χ0) is 68.6. The van der Waals surface area contributed by atoms with E-state index in [4.69, 9.17) is 0 Å². The predicted octanol–water partition coefficient (Wildman–Crippen LogP) is 20.7. The lowest BCUT2D eigenvalue weighted by atomic mass is 9.78. The van der Waals surface area contributed by atoms with Crippen LogP contribution in [0.15, 0.2) is 0 Å². The first kappa shape index (κ1) is 67.7. The van der Waals surface area contributed by atoms with Gasteiger partial charge in [0, 0.05) is 128 Å². The molecule has 1 unspecified atom stereocenters. The van der Waals surface area contributed by atoms with Crippen molar-refractivity contribution in [2.24, 2.45) is 21.1 Å². The van der Waals surface area contributed by atoms with E-state index in [0.29, 0.717) is 0 Å². The third kappa shape index (κ3) is 13.6. The summed E-state index contributed by atoms with van der Waals surface area (Å²) >= 11 is 0. The third-order valence-electron chi connectivity index (χ3n) is 20.1. The molecule has 6 nitrogen and oxygen atoms in total. The second kappa shape index (κ2) is 23.6. The maximum absolute atomic E-state index is 9.52. The minimum absolute atomic E-state index is 0.0447. The van der Waals surface area contributed by atoms with Crippen molar-refractivity contribution in [2.45, 2.75) is 320 Å². The van der Waals surface area contributed by atoms with E-state index in [9.17, 15) is 4.11 Å². The van der Waals surface area contributed by atoms with E-state index in [1.165, 1.54) is 122 Å². The van der Waals surface area contributed by atoms with Crippen LogP contribution in [-0.2, 0) is 37.4 Å². The standard InChI is InChI=1S/3C26H44N2/c3*1-16-17(2)19(4)23-21(18(16)3)22(20(5)27(23)14)26(12,13)15-28(24(6,7)8)25(9,10)11/h3*15H2,1-14H3/i15D2;15D;. The molecule has 0 saturated heterocycles. The first-order valence-electron chi connectivity index (χ1n) is 33.5. The number of benzene rings is 3. The Morgan fingerprint density at radius 1 is 0.274 bits per heavy atom. The van der Waals surface area contributed by atoms with Gasteiger partial charge in [0.15, 0.2) is 0 Å². The van der Waals surface area contributed by atoms with Gasteiger partial charge in [0.25, 0.3) is 0 Å². The van der Waals surface area contributed by atoms with Crippen molar-refractivity contribution in [3.63, 3.8) is 0 Å². The zero-order valence-corrected chi connectivity index (χ0v) is 63.0. The molecule has 0 fully saturated rings. The predicted molar refractivity (Wildman–Crippen MR) is 378 cm³/mol. The van der Waals surface area contributed by atoms with Gasteiger partial charge in [-0.25, -0.2) is 0 Å². The Bertz CT molecular complexity index is 3510. The maximum atomic E-state index is 9.52. The molecule has 0 amide bonds. The molecule has 84 heavy (non-hydrogen) atoms. The van der Waals surface area contributed by atoms with Crippen molar-refractivity contribution in [2.75, 3.05) is 19.6 Å². The first-order valence-corrected chi connectivity index (χ1v) is 32.0. The van der Waals surface area contributed by atoms with Gasteiger partial charge in [0.1, 0.15) is 0 Å². The van der Waals surface area contributed by atoms with Gasteiger partial charge in [-0.2, -0.15) is 0 Å². The molecular formula is C78H132N6. The van der Waals surface area contributed by atoms with E-state index in [2.05, 4.69) is 320 Å². The average molecular weight is 1160 g/mol. The lowest BCUT2D eigenvalue weighted by Gasteiger charge is -2.49. The van der Waals surface area contributed by atoms with Crippen LogP contribution < -0.4 is 0 Å². The van der Waals surface area contributed by atoms with Crippen LogP contribution in [0.2, 0.25) is 0 Å². The number of aromatic nitrogens is 3. The number of hydrogen-bond donors (Lipinski definition) is 0. The Morgan fingerprint density at radius 3 is 0.726 bits per heavy atom. The summed E-state index contributed by atoms with van der Waals surface area (Å²) in [6.07, 6.45) is 0. The summed E-state index contributed by atoms with van der Waals surface area (Å²) < 4.78 is 35.6. The summed E-state index contributed by atoms with van der Waals surface area (Å²) in [4.78, 5) is 7.11. The Balaban J connectivity index is 0.000000279. The molecule has 6 rings (SSSR count). The van der Waals surface area contributed by atoms with Crippen LogP contribution in [0, 0.1) is 104 Å². The van der Waals surface area contributed by atoms with Gasteiger partial charge in [-0.05, 0) is 312 Å². The molecule has 0 aliphatic carbocycles. The largest absolute Gasteiger partial charge is 0.347 e. The minimum atomic E-state index is -1.57. The van der Waals surface area contributed by atoms with E-state index in [0.717, 1.165) is 17.8 Å². The SMILES string of the molecule is Cc1c(C)c(C)c2c(c1C)c(C(C)(C)CN(C(C)(C)C)C(C)(C)C)c(C)n2C.[2H]C(N(C(C)(C)C)C(C)(C)C)C(C)(C)c1c(C)n(C)c2c(C)c(C)c(C)c(C)c12.[2H]C([2H])(N(C(C)(C)C)C(C)(C)C)C(C)(C)c1c(C)n(C)c2c(C)c(C)c(C)c(C)c12. The van der Waals surface area contributed by atoms with Crippen LogP contribution in [0.3, 0.4) is 0 Å². The van der Waals surface area contributed by atoms with Gasteiger partial charge in [0.2, 0.25) is 0 Å². The summed E-state index contributed by atoms with van der Waals surface area (Å²) in [5.74, 6) is 0. The zero-order valence-electron chi connectivity index (χ0n) is 66.0. The van der Waals surface area contributed by atoms with E-state index >= 15 is 0 Å². The monoisotopic (exact) mass is 1160 g/mol. The highest BCUT2D eigenvalue weighted by molar-refractivity contribution is 5.96. The number of aryl methyl sites for hydroxylation is 9. The Kier molecular flexibility index (Phi) is 19.0. The van der Waals surface area contributed by atoms with E-state index in [1.807, 2.05) is 0 Å². The molecule has 0 radical (unpaired) electrons. The van der Waals surface area contributed by atoms with Crippen LogP contribution in [0.1, 0.15) is 271 Å². The van der Waals surface area contributed by atoms with Crippen LogP contribution >= 0.6 is 0 Å². The lowest BCUT2D eigenvalue weighted by Crippen LogP contribution is -2.56. The molecule has 3 aromatic carbocycles. The molecule has 6 heteroatoms. The van der Waals surface area contributed by atoms with Gasteiger partial charge in [-0.15, -0.1) is 0 Å². The number of fused-ring (bicyclic) bond motifs is 3. The first-order chi connectivity index (χ1) is 38.5. The van der Waals surface area contributed by atoms with E-state index < -0.39 is 11.9 Å². The number of rotatable bonds is 9. The summed E-state index contributed by atoms with van der Waals surface area (Å²) in [7, 11) is 6.55. The quantitative estimate of drug-likeness (QED) is 0.144. The van der Waals surface area contributed by atoms with Crippen molar-refractivity contribution < 1.29 is 4.11 Å². The summed E-state index contributed by atoms with van der Waals surface area (Å²) in [6.45, 7) is 86.4. The van der Waals surface area contributed by atoms with Crippen molar-refractivity contribution in [1.29, 1.82) is 0 Å². The molecule has 0 aliphatic rings. The van der Waals surface area contributed by atoms with Crippen molar-refractivity contribution in [1.82, 2.24) is 28.4 Å². The summed E-state index contributed by atoms with van der Waals surface area (Å²) in [6, 6.07) is 0. The fraction of sp³-hybridized carbons (Fsp3) is 0.692. The second-order valence-electron chi connectivity index (χ2n) is 34.0. The number of nitrogens with zero attached hydrogens (tertiary/aromatic N) is 6. The normalized spacial score (nSPS) is 14.9. The maximum Gasteiger partial charge on any atom is 0.0518 e.